The molecule has 1 aromatic rings. The Bertz CT molecular complexity index is 401. The zero-order valence-electron chi connectivity index (χ0n) is 12.5. The van der Waals surface area contributed by atoms with Crippen molar-refractivity contribution < 1.29 is 19.0 Å². The molecule has 0 aliphatic carbocycles. The Morgan fingerprint density at radius 3 is 2.25 bits per heavy atom. The summed E-state index contributed by atoms with van der Waals surface area (Å²) in [5.74, 6) is 0.794. The van der Waals surface area contributed by atoms with Gasteiger partial charge in [-0.3, -0.25) is 4.79 Å². The van der Waals surface area contributed by atoms with Gasteiger partial charge in [-0.2, -0.15) is 0 Å². The fourth-order valence-corrected chi connectivity index (χ4v) is 1.95. The fraction of sp³-hybridized carbons (Fsp3) is 0.533. The molecule has 0 saturated heterocycles. The van der Waals surface area contributed by atoms with E-state index in [9.17, 15) is 4.79 Å². The van der Waals surface area contributed by atoms with Crippen LogP contribution in [0.5, 0.6) is 5.75 Å². The van der Waals surface area contributed by atoms with Crippen LogP contribution < -0.4 is 10.1 Å². The summed E-state index contributed by atoms with van der Waals surface area (Å²) in [5, 5.41) is 2.86. The van der Waals surface area contributed by atoms with Gasteiger partial charge >= 0.3 is 0 Å². The molecule has 0 aliphatic heterocycles. The molecule has 1 aromatic carbocycles. The molecule has 0 heterocycles. The van der Waals surface area contributed by atoms with Gasteiger partial charge in [0.25, 0.3) is 0 Å². The van der Waals surface area contributed by atoms with Crippen LogP contribution in [0, 0.1) is 0 Å². The number of methoxy groups -OCH3 is 3. The molecule has 1 atom stereocenters. The second-order valence-electron chi connectivity index (χ2n) is 4.54. The van der Waals surface area contributed by atoms with E-state index < -0.39 is 6.29 Å². The van der Waals surface area contributed by atoms with Crippen molar-refractivity contribution in [2.45, 2.75) is 32.1 Å². The van der Waals surface area contributed by atoms with Gasteiger partial charge in [-0.25, -0.2) is 0 Å². The Kier molecular flexibility index (Phi) is 7.04. The highest BCUT2D eigenvalue weighted by molar-refractivity contribution is 5.76. The zero-order chi connectivity index (χ0) is 15.0. The Morgan fingerprint density at radius 1 is 1.15 bits per heavy atom. The summed E-state index contributed by atoms with van der Waals surface area (Å²) in [7, 11) is 4.73. The number of amides is 1. The average Bonchev–Trinajstić information content (AvgIpc) is 2.47. The largest absolute Gasteiger partial charge is 0.497 e. The van der Waals surface area contributed by atoms with Crippen molar-refractivity contribution in [1.82, 2.24) is 5.32 Å². The van der Waals surface area contributed by atoms with Crippen LogP contribution in [0.1, 0.15) is 18.9 Å². The van der Waals surface area contributed by atoms with Crippen molar-refractivity contribution >= 4 is 5.91 Å². The van der Waals surface area contributed by atoms with Crippen LogP contribution in [0.4, 0.5) is 0 Å². The normalized spacial score (nSPS) is 12.2. The van der Waals surface area contributed by atoms with Crippen molar-refractivity contribution in [2.24, 2.45) is 0 Å². The minimum Gasteiger partial charge on any atom is -0.497 e. The third kappa shape index (κ3) is 5.19. The Balaban J connectivity index is 2.38. The van der Waals surface area contributed by atoms with Gasteiger partial charge in [0.15, 0.2) is 6.29 Å². The highest BCUT2D eigenvalue weighted by Gasteiger charge is 2.17. The van der Waals surface area contributed by atoms with Crippen LogP contribution in [0.25, 0.3) is 0 Å². The van der Waals surface area contributed by atoms with Gasteiger partial charge in [-0.1, -0.05) is 12.1 Å². The third-order valence-corrected chi connectivity index (χ3v) is 3.06. The SMILES string of the molecule is COc1ccc(CCC(=O)NC(C)C(OC)OC)cc1. The molecule has 1 N–H and O–H groups in total. The Morgan fingerprint density at radius 2 is 1.75 bits per heavy atom. The number of benzene rings is 1. The molecular weight excluding hydrogens is 258 g/mol. The second kappa shape index (κ2) is 8.55. The summed E-state index contributed by atoms with van der Waals surface area (Å²) in [6, 6.07) is 7.52. The number of ether oxygens (including phenoxy) is 3. The van der Waals surface area contributed by atoms with Crippen molar-refractivity contribution in [1.29, 1.82) is 0 Å². The van der Waals surface area contributed by atoms with Crippen LogP contribution >= 0.6 is 0 Å². The molecule has 0 fully saturated rings. The number of carbonyl (C=O) groups is 1. The summed E-state index contributed by atoms with van der Waals surface area (Å²) in [4.78, 5) is 11.8. The minimum atomic E-state index is -0.431. The lowest BCUT2D eigenvalue weighted by molar-refractivity contribution is -0.135. The van der Waals surface area contributed by atoms with Crippen molar-refractivity contribution in [3.05, 3.63) is 29.8 Å². The molecule has 0 bridgehead atoms. The van der Waals surface area contributed by atoms with Gasteiger partial charge in [-0.15, -0.1) is 0 Å². The van der Waals surface area contributed by atoms with E-state index >= 15 is 0 Å². The summed E-state index contributed by atoms with van der Waals surface area (Å²) < 4.78 is 15.3. The molecule has 112 valence electrons. The quantitative estimate of drug-likeness (QED) is 0.738. The third-order valence-electron chi connectivity index (χ3n) is 3.06. The lowest BCUT2D eigenvalue weighted by Crippen LogP contribution is -2.43. The monoisotopic (exact) mass is 281 g/mol. The van der Waals surface area contributed by atoms with Gasteiger partial charge in [-0.05, 0) is 31.0 Å². The van der Waals surface area contributed by atoms with E-state index in [1.54, 1.807) is 21.3 Å². The summed E-state index contributed by atoms with van der Waals surface area (Å²) in [6.07, 6.45) is 0.684. The molecule has 0 radical (unpaired) electrons. The highest BCUT2D eigenvalue weighted by Crippen LogP contribution is 2.12. The topological polar surface area (TPSA) is 56.8 Å². The average molecular weight is 281 g/mol. The fourth-order valence-electron chi connectivity index (χ4n) is 1.95. The molecule has 1 unspecified atom stereocenters. The van der Waals surface area contributed by atoms with Crippen LogP contribution in [0.2, 0.25) is 0 Å². The van der Waals surface area contributed by atoms with Crippen LogP contribution in [-0.2, 0) is 20.7 Å². The number of rotatable bonds is 8. The molecule has 0 aromatic heterocycles. The van der Waals surface area contributed by atoms with Crippen LogP contribution in [-0.4, -0.2) is 39.6 Å². The minimum absolute atomic E-state index is 0.0209. The number of hydrogen-bond donors (Lipinski definition) is 1. The maximum atomic E-state index is 11.8. The van der Waals surface area contributed by atoms with E-state index in [4.69, 9.17) is 14.2 Å². The maximum Gasteiger partial charge on any atom is 0.220 e. The van der Waals surface area contributed by atoms with E-state index in [0.29, 0.717) is 12.8 Å². The van der Waals surface area contributed by atoms with Gasteiger partial charge in [0.2, 0.25) is 5.91 Å². The summed E-state index contributed by atoms with van der Waals surface area (Å²) in [6.45, 7) is 1.85. The first-order chi connectivity index (χ1) is 9.60. The smallest absolute Gasteiger partial charge is 0.220 e. The lowest BCUT2D eigenvalue weighted by atomic mass is 10.1. The van der Waals surface area contributed by atoms with Crippen LogP contribution in [0.15, 0.2) is 24.3 Å². The molecule has 5 nitrogen and oxygen atoms in total. The molecule has 0 saturated carbocycles. The van der Waals surface area contributed by atoms with Gasteiger partial charge < -0.3 is 19.5 Å². The van der Waals surface area contributed by atoms with E-state index in [1.807, 2.05) is 31.2 Å². The van der Waals surface area contributed by atoms with Gasteiger partial charge in [0.05, 0.1) is 13.2 Å². The predicted octanol–water partition coefficient (Wildman–Crippen LogP) is 1.75. The predicted molar refractivity (Wildman–Crippen MR) is 76.7 cm³/mol. The van der Waals surface area contributed by atoms with Crippen molar-refractivity contribution in [2.75, 3.05) is 21.3 Å². The molecule has 5 heteroatoms. The second-order valence-corrected chi connectivity index (χ2v) is 4.54. The van der Waals surface area contributed by atoms with E-state index in [1.165, 1.54) is 0 Å². The first kappa shape index (κ1) is 16.5. The first-order valence-corrected chi connectivity index (χ1v) is 6.58. The zero-order valence-corrected chi connectivity index (χ0v) is 12.5. The maximum absolute atomic E-state index is 11.8. The van der Waals surface area contributed by atoms with Gasteiger partial charge in [0, 0.05) is 20.6 Å². The Labute approximate surface area is 120 Å². The molecule has 0 spiro atoms. The van der Waals surface area contributed by atoms with Gasteiger partial charge in [0.1, 0.15) is 5.75 Å². The molecule has 1 rings (SSSR count). The number of aryl methyl sites for hydroxylation is 1. The van der Waals surface area contributed by atoms with Crippen LogP contribution in [0.3, 0.4) is 0 Å². The molecule has 1 amide bonds. The lowest BCUT2D eigenvalue weighted by Gasteiger charge is -2.22. The summed E-state index contributed by atoms with van der Waals surface area (Å²) in [5.41, 5.74) is 1.10. The van der Waals surface area contributed by atoms with E-state index in [-0.39, 0.29) is 11.9 Å². The first-order valence-electron chi connectivity index (χ1n) is 6.58. The van der Waals surface area contributed by atoms with E-state index in [2.05, 4.69) is 5.32 Å². The number of hydrogen-bond acceptors (Lipinski definition) is 4. The van der Waals surface area contributed by atoms with Crippen molar-refractivity contribution in [3.8, 4) is 5.75 Å². The standard InChI is InChI=1S/C15H23NO4/c1-11(15(19-3)20-4)16-14(17)10-7-12-5-8-13(18-2)9-6-12/h5-6,8-9,11,15H,7,10H2,1-4H3,(H,16,17). The summed E-state index contributed by atoms with van der Waals surface area (Å²) >= 11 is 0. The van der Waals surface area contributed by atoms with Crippen molar-refractivity contribution in [3.63, 3.8) is 0 Å². The molecule has 20 heavy (non-hydrogen) atoms. The van der Waals surface area contributed by atoms with E-state index in [0.717, 1.165) is 11.3 Å². The Hall–Kier alpha value is -1.59. The number of carbonyl (C=O) groups excluding carboxylic acids is 1. The molecular formula is C15H23NO4. The highest BCUT2D eigenvalue weighted by atomic mass is 16.7. The number of nitrogens with one attached hydrogen (secondary N) is 1. The molecule has 0 aliphatic rings.